The Balaban J connectivity index is 1.46. The summed E-state index contributed by atoms with van der Waals surface area (Å²) in [6.07, 6.45) is 2.15. The van der Waals surface area contributed by atoms with E-state index < -0.39 is 17.6 Å². The van der Waals surface area contributed by atoms with Crippen molar-refractivity contribution in [2.75, 3.05) is 56.7 Å². The van der Waals surface area contributed by atoms with Gasteiger partial charge in [-0.15, -0.1) is 0 Å². The number of nitrogens with zero attached hydrogens (tertiary/aromatic N) is 2. The Morgan fingerprint density at radius 3 is 2.69 bits per heavy atom. The lowest BCUT2D eigenvalue weighted by atomic mass is 9.95. The fourth-order valence-corrected chi connectivity index (χ4v) is 4.38. The third-order valence-electron chi connectivity index (χ3n) is 6.07. The van der Waals surface area contributed by atoms with Gasteiger partial charge in [0, 0.05) is 44.6 Å². The number of amides is 2. The first-order chi connectivity index (χ1) is 15.5. The molecular formula is C24H29FN4O3. The molecule has 2 amide bonds. The molecule has 0 spiro atoms. The molecule has 0 aliphatic carbocycles. The van der Waals surface area contributed by atoms with Crippen LogP contribution in [0.15, 0.2) is 42.5 Å². The van der Waals surface area contributed by atoms with Gasteiger partial charge in [-0.05, 0) is 48.2 Å². The van der Waals surface area contributed by atoms with E-state index in [2.05, 4.69) is 45.7 Å². The highest BCUT2D eigenvalue weighted by Gasteiger charge is 2.26. The second kappa shape index (κ2) is 10.1. The number of aryl methyl sites for hydroxylation is 1. The molecule has 2 aromatic rings. The summed E-state index contributed by atoms with van der Waals surface area (Å²) in [7, 11) is 2.11. The van der Waals surface area contributed by atoms with Gasteiger partial charge in [0.1, 0.15) is 5.82 Å². The molecule has 0 saturated carbocycles. The number of ether oxygens (including phenoxy) is 1. The van der Waals surface area contributed by atoms with E-state index in [1.54, 1.807) is 0 Å². The van der Waals surface area contributed by atoms with Gasteiger partial charge in [0.2, 0.25) is 0 Å². The van der Waals surface area contributed by atoms with Crippen molar-refractivity contribution in [2.24, 2.45) is 0 Å². The van der Waals surface area contributed by atoms with Crippen LogP contribution in [0.5, 0.6) is 0 Å². The minimum absolute atomic E-state index is 0.0673. The Morgan fingerprint density at radius 1 is 1.09 bits per heavy atom. The Labute approximate surface area is 187 Å². The summed E-state index contributed by atoms with van der Waals surface area (Å²) in [6.45, 7) is 4.14. The Morgan fingerprint density at radius 2 is 1.91 bits per heavy atom. The molecule has 170 valence electrons. The summed E-state index contributed by atoms with van der Waals surface area (Å²) < 4.78 is 18.8. The maximum Gasteiger partial charge on any atom is 0.313 e. The SMILES string of the molecule is CN1CCCc2cc(C(CNC(=O)C(=O)Nc3cccc(F)c3)N3CCOCC3)ccc21. The fourth-order valence-electron chi connectivity index (χ4n) is 4.38. The zero-order chi connectivity index (χ0) is 22.5. The van der Waals surface area contributed by atoms with Crippen LogP contribution in [-0.4, -0.2) is 63.2 Å². The molecule has 0 aromatic heterocycles. The first-order valence-corrected chi connectivity index (χ1v) is 11.0. The van der Waals surface area contributed by atoms with E-state index in [-0.39, 0.29) is 11.7 Å². The van der Waals surface area contributed by atoms with Gasteiger partial charge in [-0.2, -0.15) is 0 Å². The van der Waals surface area contributed by atoms with Crippen LogP contribution in [0.4, 0.5) is 15.8 Å². The molecule has 8 heteroatoms. The number of benzene rings is 2. The van der Waals surface area contributed by atoms with E-state index >= 15 is 0 Å². The summed E-state index contributed by atoms with van der Waals surface area (Å²) in [5.74, 6) is -2.04. The fraction of sp³-hybridized carbons (Fsp3) is 0.417. The van der Waals surface area contributed by atoms with E-state index in [4.69, 9.17) is 4.74 Å². The van der Waals surface area contributed by atoms with Crippen molar-refractivity contribution in [2.45, 2.75) is 18.9 Å². The highest BCUT2D eigenvalue weighted by Crippen LogP contribution is 2.30. The van der Waals surface area contributed by atoms with Gasteiger partial charge in [-0.25, -0.2) is 4.39 Å². The van der Waals surface area contributed by atoms with Crippen LogP contribution in [0.3, 0.4) is 0 Å². The zero-order valence-corrected chi connectivity index (χ0v) is 18.3. The van der Waals surface area contributed by atoms with Crippen LogP contribution in [-0.2, 0) is 20.7 Å². The van der Waals surface area contributed by atoms with Gasteiger partial charge >= 0.3 is 11.8 Å². The number of nitrogens with one attached hydrogen (secondary N) is 2. The number of hydrogen-bond donors (Lipinski definition) is 2. The summed E-state index contributed by atoms with van der Waals surface area (Å²) in [4.78, 5) is 29.3. The zero-order valence-electron chi connectivity index (χ0n) is 18.3. The molecule has 1 saturated heterocycles. The first-order valence-electron chi connectivity index (χ1n) is 11.0. The van der Waals surface area contributed by atoms with Crippen LogP contribution < -0.4 is 15.5 Å². The molecule has 2 aliphatic rings. The number of anilines is 2. The van der Waals surface area contributed by atoms with Crippen LogP contribution >= 0.6 is 0 Å². The normalized spacial score (nSPS) is 17.4. The van der Waals surface area contributed by atoms with Crippen molar-refractivity contribution >= 4 is 23.2 Å². The van der Waals surface area contributed by atoms with E-state index in [1.807, 2.05) is 0 Å². The lowest BCUT2D eigenvalue weighted by molar-refractivity contribution is -0.136. The van der Waals surface area contributed by atoms with Crippen molar-refractivity contribution in [1.82, 2.24) is 10.2 Å². The molecular weight excluding hydrogens is 411 g/mol. The number of morpholine rings is 1. The highest BCUT2D eigenvalue weighted by molar-refractivity contribution is 6.39. The topological polar surface area (TPSA) is 73.9 Å². The van der Waals surface area contributed by atoms with E-state index in [0.29, 0.717) is 19.8 Å². The van der Waals surface area contributed by atoms with Gasteiger partial charge in [0.05, 0.1) is 19.3 Å². The smallest absolute Gasteiger partial charge is 0.313 e. The summed E-state index contributed by atoms with van der Waals surface area (Å²) >= 11 is 0. The Hall–Kier alpha value is -2.97. The van der Waals surface area contributed by atoms with E-state index in [0.717, 1.165) is 38.0 Å². The molecule has 1 unspecified atom stereocenters. The molecule has 32 heavy (non-hydrogen) atoms. The average molecular weight is 441 g/mol. The summed E-state index contributed by atoms with van der Waals surface area (Å²) in [5, 5.41) is 5.21. The van der Waals surface area contributed by atoms with Crippen LogP contribution in [0, 0.1) is 5.82 Å². The van der Waals surface area contributed by atoms with Gasteiger partial charge in [0.15, 0.2) is 0 Å². The van der Waals surface area contributed by atoms with Crippen molar-refractivity contribution in [3.63, 3.8) is 0 Å². The van der Waals surface area contributed by atoms with Crippen molar-refractivity contribution in [3.8, 4) is 0 Å². The second-order valence-electron chi connectivity index (χ2n) is 8.25. The number of carbonyl (C=O) groups excluding carboxylic acids is 2. The maximum atomic E-state index is 13.3. The monoisotopic (exact) mass is 440 g/mol. The Kier molecular flexibility index (Phi) is 7.02. The predicted molar refractivity (Wildman–Crippen MR) is 121 cm³/mol. The number of fused-ring (bicyclic) bond motifs is 1. The molecule has 0 bridgehead atoms. The molecule has 0 radical (unpaired) electrons. The molecule has 2 heterocycles. The lowest BCUT2D eigenvalue weighted by Crippen LogP contribution is -2.45. The largest absolute Gasteiger partial charge is 0.379 e. The predicted octanol–water partition coefficient (Wildman–Crippen LogP) is 2.34. The molecule has 1 atom stereocenters. The van der Waals surface area contributed by atoms with Crippen LogP contribution in [0.1, 0.15) is 23.6 Å². The molecule has 7 nitrogen and oxygen atoms in total. The van der Waals surface area contributed by atoms with Crippen LogP contribution in [0.25, 0.3) is 0 Å². The van der Waals surface area contributed by atoms with Gasteiger partial charge in [-0.3, -0.25) is 14.5 Å². The van der Waals surface area contributed by atoms with E-state index in [9.17, 15) is 14.0 Å². The van der Waals surface area contributed by atoms with E-state index in [1.165, 1.54) is 35.5 Å². The minimum Gasteiger partial charge on any atom is -0.379 e. The van der Waals surface area contributed by atoms with Crippen molar-refractivity contribution in [1.29, 1.82) is 0 Å². The quantitative estimate of drug-likeness (QED) is 0.699. The number of carbonyl (C=O) groups is 2. The molecule has 1 fully saturated rings. The average Bonchev–Trinajstić information content (AvgIpc) is 2.80. The molecule has 2 aliphatic heterocycles. The molecule has 4 rings (SSSR count). The van der Waals surface area contributed by atoms with Gasteiger partial charge < -0.3 is 20.3 Å². The second-order valence-corrected chi connectivity index (χ2v) is 8.25. The van der Waals surface area contributed by atoms with Gasteiger partial charge in [0.25, 0.3) is 0 Å². The first kappa shape index (κ1) is 22.2. The van der Waals surface area contributed by atoms with Gasteiger partial charge in [-0.1, -0.05) is 18.2 Å². The number of rotatable bonds is 5. The summed E-state index contributed by atoms with van der Waals surface area (Å²) in [5.41, 5.74) is 3.92. The number of halogens is 1. The Bertz CT molecular complexity index is 977. The van der Waals surface area contributed by atoms with Crippen LogP contribution in [0.2, 0.25) is 0 Å². The van der Waals surface area contributed by atoms with Crippen molar-refractivity contribution in [3.05, 3.63) is 59.4 Å². The third-order valence-corrected chi connectivity index (χ3v) is 6.07. The number of hydrogen-bond acceptors (Lipinski definition) is 5. The lowest BCUT2D eigenvalue weighted by Gasteiger charge is -2.36. The standard InChI is InChI=1S/C24H29FN4O3/c1-28-9-3-4-17-14-18(7-8-21(17)28)22(29-10-12-32-13-11-29)16-26-23(30)24(31)27-20-6-2-5-19(25)15-20/h2,5-8,14-15,22H,3-4,9-13,16H2,1H3,(H,26,30)(H,27,31). The van der Waals surface area contributed by atoms with Crippen molar-refractivity contribution < 1.29 is 18.7 Å². The molecule has 2 N–H and O–H groups in total. The summed E-state index contributed by atoms with van der Waals surface area (Å²) in [6, 6.07) is 11.9. The highest BCUT2D eigenvalue weighted by atomic mass is 19.1. The maximum absolute atomic E-state index is 13.3. The minimum atomic E-state index is -0.816. The third kappa shape index (κ3) is 5.26. The molecule has 2 aromatic carbocycles.